The number of nitrogens with zero attached hydrogens (tertiary/aromatic N) is 2. The van der Waals surface area contributed by atoms with E-state index in [4.69, 9.17) is 0 Å². The summed E-state index contributed by atoms with van der Waals surface area (Å²) in [5.41, 5.74) is 1.19. The van der Waals surface area contributed by atoms with Crippen LogP contribution in [0.3, 0.4) is 0 Å². The van der Waals surface area contributed by atoms with Crippen molar-refractivity contribution in [3.63, 3.8) is 0 Å². The SMILES string of the molecule is CN=C(NCCS(=O)(=O)N1CCSCC1)NCc1ccsc1.I. The number of hydrogen-bond donors (Lipinski definition) is 2. The Morgan fingerprint density at radius 3 is 2.70 bits per heavy atom. The smallest absolute Gasteiger partial charge is 0.215 e. The molecule has 1 aliphatic rings. The summed E-state index contributed by atoms with van der Waals surface area (Å²) in [6, 6.07) is 2.05. The highest BCUT2D eigenvalue weighted by Crippen LogP contribution is 2.13. The van der Waals surface area contributed by atoms with Gasteiger partial charge < -0.3 is 10.6 Å². The summed E-state index contributed by atoms with van der Waals surface area (Å²) in [7, 11) is -1.49. The number of nitrogens with one attached hydrogen (secondary N) is 2. The zero-order chi connectivity index (χ0) is 15.8. The van der Waals surface area contributed by atoms with E-state index in [1.807, 2.05) is 11.4 Å². The third-order valence-electron chi connectivity index (χ3n) is 3.28. The van der Waals surface area contributed by atoms with Crippen molar-refractivity contribution in [1.29, 1.82) is 0 Å². The second kappa shape index (κ2) is 10.7. The van der Waals surface area contributed by atoms with Crippen molar-refractivity contribution in [2.45, 2.75) is 6.54 Å². The number of rotatable bonds is 6. The highest BCUT2D eigenvalue weighted by Gasteiger charge is 2.23. The summed E-state index contributed by atoms with van der Waals surface area (Å²) < 4.78 is 26.0. The maximum atomic E-state index is 12.2. The number of halogens is 1. The summed E-state index contributed by atoms with van der Waals surface area (Å²) in [4.78, 5) is 4.11. The molecule has 132 valence electrons. The van der Waals surface area contributed by atoms with Crippen LogP contribution in [0.2, 0.25) is 0 Å². The molecule has 1 aromatic rings. The molecule has 2 rings (SSSR count). The molecule has 0 unspecified atom stereocenters. The largest absolute Gasteiger partial charge is 0.355 e. The van der Waals surface area contributed by atoms with E-state index >= 15 is 0 Å². The lowest BCUT2D eigenvalue weighted by Crippen LogP contribution is -2.44. The fourth-order valence-electron chi connectivity index (χ4n) is 2.05. The van der Waals surface area contributed by atoms with Gasteiger partial charge in [-0.2, -0.15) is 23.1 Å². The van der Waals surface area contributed by atoms with E-state index in [2.05, 4.69) is 21.0 Å². The Hall–Kier alpha value is -0.0400. The van der Waals surface area contributed by atoms with Crippen molar-refractivity contribution < 1.29 is 8.42 Å². The van der Waals surface area contributed by atoms with Crippen LogP contribution in [0.4, 0.5) is 0 Å². The molecule has 2 N–H and O–H groups in total. The molecule has 0 spiro atoms. The van der Waals surface area contributed by atoms with Crippen LogP contribution in [0.1, 0.15) is 5.56 Å². The minimum absolute atomic E-state index is 0. The Morgan fingerprint density at radius 1 is 1.35 bits per heavy atom. The van der Waals surface area contributed by atoms with Gasteiger partial charge in [0.2, 0.25) is 10.0 Å². The van der Waals surface area contributed by atoms with Gasteiger partial charge >= 0.3 is 0 Å². The molecule has 0 aromatic carbocycles. The Bertz CT molecular complexity index is 572. The van der Waals surface area contributed by atoms with Gasteiger partial charge in [-0.05, 0) is 22.4 Å². The number of aliphatic imine (C=N–C) groups is 1. The summed E-state index contributed by atoms with van der Waals surface area (Å²) in [5, 5.41) is 10.3. The molecule has 23 heavy (non-hydrogen) atoms. The van der Waals surface area contributed by atoms with Crippen LogP contribution >= 0.6 is 47.1 Å². The zero-order valence-electron chi connectivity index (χ0n) is 13.0. The van der Waals surface area contributed by atoms with E-state index in [1.54, 1.807) is 34.5 Å². The molecule has 0 saturated carbocycles. The first-order chi connectivity index (χ1) is 10.6. The molecule has 0 amide bonds. The van der Waals surface area contributed by atoms with Gasteiger partial charge in [-0.1, -0.05) is 0 Å². The third kappa shape index (κ3) is 7.16. The van der Waals surface area contributed by atoms with Gasteiger partial charge in [0.1, 0.15) is 0 Å². The fraction of sp³-hybridized carbons (Fsp3) is 0.615. The van der Waals surface area contributed by atoms with Crippen LogP contribution in [0.15, 0.2) is 21.8 Å². The standard InChI is InChI=1S/C13H22N4O2S3.HI/c1-14-13(16-10-12-2-6-21-11-12)15-3-9-22(18,19)17-4-7-20-8-5-17;/h2,6,11H,3-5,7-10H2,1H3,(H2,14,15,16);1H. The van der Waals surface area contributed by atoms with Crippen LogP contribution in [0.5, 0.6) is 0 Å². The lowest BCUT2D eigenvalue weighted by molar-refractivity contribution is 0.443. The molecule has 6 nitrogen and oxygen atoms in total. The van der Waals surface area contributed by atoms with Crippen molar-refractivity contribution in [1.82, 2.24) is 14.9 Å². The summed E-state index contributed by atoms with van der Waals surface area (Å²) in [5.74, 6) is 2.49. The Balaban J connectivity index is 0.00000264. The van der Waals surface area contributed by atoms with E-state index in [-0.39, 0.29) is 29.7 Å². The maximum absolute atomic E-state index is 12.2. The number of hydrogen-bond acceptors (Lipinski definition) is 5. The Morgan fingerprint density at radius 2 is 2.09 bits per heavy atom. The minimum Gasteiger partial charge on any atom is -0.355 e. The first-order valence-corrected chi connectivity index (χ1v) is 10.8. The highest BCUT2D eigenvalue weighted by atomic mass is 127. The van der Waals surface area contributed by atoms with Gasteiger partial charge in [-0.25, -0.2) is 12.7 Å². The predicted molar refractivity (Wildman–Crippen MR) is 111 cm³/mol. The van der Waals surface area contributed by atoms with Gasteiger partial charge in [-0.15, -0.1) is 24.0 Å². The summed E-state index contributed by atoms with van der Waals surface area (Å²) >= 11 is 3.45. The van der Waals surface area contributed by atoms with Crippen molar-refractivity contribution >= 4 is 63.1 Å². The molecule has 2 heterocycles. The first kappa shape index (κ1) is 21.0. The highest BCUT2D eigenvalue weighted by molar-refractivity contribution is 14.0. The van der Waals surface area contributed by atoms with E-state index in [1.165, 1.54) is 5.56 Å². The molecule has 1 aromatic heterocycles. The first-order valence-electron chi connectivity index (χ1n) is 7.13. The van der Waals surface area contributed by atoms with Gasteiger partial charge in [0, 0.05) is 44.7 Å². The van der Waals surface area contributed by atoms with Crippen LogP contribution in [0, 0.1) is 0 Å². The lowest BCUT2D eigenvalue weighted by atomic mass is 10.3. The molecule has 0 atom stereocenters. The average molecular weight is 490 g/mol. The molecule has 1 aliphatic heterocycles. The van der Waals surface area contributed by atoms with E-state index in [9.17, 15) is 8.42 Å². The van der Waals surface area contributed by atoms with Gasteiger partial charge in [0.05, 0.1) is 5.75 Å². The van der Waals surface area contributed by atoms with Gasteiger partial charge in [0.15, 0.2) is 5.96 Å². The van der Waals surface area contributed by atoms with E-state index in [0.29, 0.717) is 32.1 Å². The van der Waals surface area contributed by atoms with Crippen LogP contribution in [0.25, 0.3) is 0 Å². The van der Waals surface area contributed by atoms with Crippen molar-refractivity contribution in [3.8, 4) is 0 Å². The minimum atomic E-state index is -3.17. The average Bonchev–Trinajstić information content (AvgIpc) is 3.05. The van der Waals surface area contributed by atoms with Crippen LogP contribution in [-0.4, -0.2) is 62.6 Å². The van der Waals surface area contributed by atoms with Crippen molar-refractivity contribution in [2.75, 3.05) is 43.9 Å². The molecule has 1 saturated heterocycles. The van der Waals surface area contributed by atoms with Gasteiger partial charge in [-0.3, -0.25) is 4.99 Å². The Kier molecular flexibility index (Phi) is 9.82. The van der Waals surface area contributed by atoms with Gasteiger partial charge in [0.25, 0.3) is 0 Å². The van der Waals surface area contributed by atoms with E-state index in [0.717, 1.165) is 11.5 Å². The number of thiophene rings is 1. The predicted octanol–water partition coefficient (Wildman–Crippen LogP) is 1.41. The zero-order valence-corrected chi connectivity index (χ0v) is 17.8. The monoisotopic (exact) mass is 490 g/mol. The molecule has 0 radical (unpaired) electrons. The second-order valence-corrected chi connectivity index (χ2v) is 8.90. The second-order valence-electron chi connectivity index (χ2n) is 4.81. The molecule has 1 fully saturated rings. The topological polar surface area (TPSA) is 73.8 Å². The molecular weight excluding hydrogens is 467 g/mol. The molecule has 0 bridgehead atoms. The lowest BCUT2D eigenvalue weighted by Gasteiger charge is -2.25. The summed E-state index contributed by atoms with van der Waals surface area (Å²) in [6.07, 6.45) is 0. The molecular formula is C13H23IN4O2S3. The normalized spacial score (nSPS) is 16.7. The fourth-order valence-corrected chi connectivity index (χ4v) is 5.21. The van der Waals surface area contributed by atoms with Crippen molar-refractivity contribution in [3.05, 3.63) is 22.4 Å². The number of guanidine groups is 1. The molecule has 0 aliphatic carbocycles. The Labute approximate surface area is 163 Å². The number of thioether (sulfide) groups is 1. The quantitative estimate of drug-likeness (QED) is 0.359. The summed E-state index contributed by atoms with van der Waals surface area (Å²) in [6.45, 7) is 2.28. The van der Waals surface area contributed by atoms with Crippen LogP contribution < -0.4 is 10.6 Å². The maximum Gasteiger partial charge on any atom is 0.215 e. The molecule has 10 heteroatoms. The third-order valence-corrected chi connectivity index (χ3v) is 6.83. The number of sulfonamides is 1. The van der Waals surface area contributed by atoms with Crippen molar-refractivity contribution in [2.24, 2.45) is 4.99 Å². The van der Waals surface area contributed by atoms with Crippen LogP contribution in [-0.2, 0) is 16.6 Å². The van der Waals surface area contributed by atoms with E-state index < -0.39 is 10.0 Å².